The van der Waals surface area contributed by atoms with Crippen LogP contribution in [0.2, 0.25) is 0 Å². The first-order valence-corrected chi connectivity index (χ1v) is 10.7. The fourth-order valence-electron chi connectivity index (χ4n) is 3.54. The summed E-state index contributed by atoms with van der Waals surface area (Å²) in [5.41, 5.74) is 5.26. The van der Waals surface area contributed by atoms with E-state index in [1.165, 1.54) is 23.5 Å². The van der Waals surface area contributed by atoms with Crippen molar-refractivity contribution in [2.75, 3.05) is 5.32 Å². The number of benzene rings is 3. The summed E-state index contributed by atoms with van der Waals surface area (Å²) in [6.45, 7) is 0. The molecule has 0 bridgehead atoms. The number of thiazole rings is 1. The van der Waals surface area contributed by atoms with Crippen LogP contribution in [0.15, 0.2) is 90.4 Å². The summed E-state index contributed by atoms with van der Waals surface area (Å²) < 4.78 is 15.1. The molecule has 5 rings (SSSR count). The highest BCUT2D eigenvalue weighted by molar-refractivity contribution is 7.15. The molecule has 0 atom stereocenters. The van der Waals surface area contributed by atoms with Crippen molar-refractivity contribution in [3.63, 3.8) is 0 Å². The maximum atomic E-state index is 13.2. The van der Waals surface area contributed by atoms with Gasteiger partial charge in [-0.15, -0.1) is 11.3 Å². The number of hydrogen-bond donors (Lipinski definition) is 1. The van der Waals surface area contributed by atoms with Crippen LogP contribution >= 0.6 is 11.3 Å². The number of fused-ring (bicyclic) bond motifs is 1. The molecular formula is C25H18FN3OS. The van der Waals surface area contributed by atoms with Gasteiger partial charge in [0.25, 0.3) is 0 Å². The topological polar surface area (TPSA) is 46.4 Å². The first-order valence-electron chi connectivity index (χ1n) is 9.83. The van der Waals surface area contributed by atoms with Gasteiger partial charge in [0.2, 0.25) is 5.91 Å². The third-order valence-electron chi connectivity index (χ3n) is 5.05. The fourth-order valence-corrected chi connectivity index (χ4v) is 4.41. The lowest BCUT2D eigenvalue weighted by Crippen LogP contribution is -2.15. The zero-order valence-corrected chi connectivity index (χ0v) is 17.3. The summed E-state index contributed by atoms with van der Waals surface area (Å²) >= 11 is 1.48. The van der Waals surface area contributed by atoms with Crippen LogP contribution in [0.4, 0.5) is 10.1 Å². The standard InChI is InChI=1S/C25H18FN3OS/c26-19-12-10-18(11-13-19)23-15-29-20(16-31-25(29)28-23)14-24(30)27-22-9-5-4-8-21(22)17-6-2-1-3-7-17/h1-13,15-16H,14H2,(H,27,30). The van der Waals surface area contributed by atoms with E-state index in [-0.39, 0.29) is 18.1 Å². The number of halogens is 1. The smallest absolute Gasteiger partial charge is 0.230 e. The number of nitrogens with one attached hydrogen (secondary N) is 1. The number of rotatable bonds is 5. The van der Waals surface area contributed by atoms with E-state index in [0.29, 0.717) is 0 Å². The van der Waals surface area contributed by atoms with Crippen molar-refractivity contribution in [3.8, 4) is 22.4 Å². The van der Waals surface area contributed by atoms with E-state index in [2.05, 4.69) is 10.3 Å². The number of imidazole rings is 1. The second-order valence-corrected chi connectivity index (χ2v) is 7.99. The second-order valence-electron chi connectivity index (χ2n) is 7.15. The number of para-hydroxylation sites is 1. The second kappa shape index (κ2) is 8.16. The Morgan fingerprint density at radius 3 is 2.48 bits per heavy atom. The fraction of sp³-hybridized carbons (Fsp3) is 0.0400. The van der Waals surface area contributed by atoms with Crippen LogP contribution in [0, 0.1) is 5.82 Å². The van der Waals surface area contributed by atoms with E-state index in [1.807, 2.05) is 70.6 Å². The largest absolute Gasteiger partial charge is 0.325 e. The summed E-state index contributed by atoms with van der Waals surface area (Å²) in [5, 5.41) is 4.99. The van der Waals surface area contributed by atoms with Gasteiger partial charge in [0.05, 0.1) is 12.1 Å². The summed E-state index contributed by atoms with van der Waals surface area (Å²) in [6, 6.07) is 24.0. The average molecular weight is 428 g/mol. The van der Waals surface area contributed by atoms with Crippen molar-refractivity contribution < 1.29 is 9.18 Å². The minimum Gasteiger partial charge on any atom is -0.325 e. The first-order chi connectivity index (χ1) is 15.2. The van der Waals surface area contributed by atoms with Crippen LogP contribution in [-0.2, 0) is 11.2 Å². The summed E-state index contributed by atoms with van der Waals surface area (Å²) in [5.74, 6) is -0.377. The van der Waals surface area contributed by atoms with Crippen LogP contribution in [0.1, 0.15) is 5.69 Å². The number of hydrogen-bond acceptors (Lipinski definition) is 3. The molecule has 0 unspecified atom stereocenters. The maximum absolute atomic E-state index is 13.2. The van der Waals surface area contributed by atoms with E-state index in [0.717, 1.165) is 38.7 Å². The van der Waals surface area contributed by atoms with Crippen molar-refractivity contribution in [2.24, 2.45) is 0 Å². The molecule has 152 valence electrons. The lowest BCUT2D eigenvalue weighted by Gasteiger charge is -2.11. The summed E-state index contributed by atoms with van der Waals surface area (Å²) in [4.78, 5) is 18.2. The van der Waals surface area contributed by atoms with Crippen molar-refractivity contribution >= 4 is 27.9 Å². The molecule has 2 heterocycles. The molecule has 1 amide bonds. The molecular weight excluding hydrogens is 409 g/mol. The van der Waals surface area contributed by atoms with E-state index in [4.69, 9.17) is 0 Å². The summed E-state index contributed by atoms with van der Waals surface area (Å²) in [6.07, 6.45) is 2.11. The Kier molecular flexibility index (Phi) is 5.06. The Labute approximate surface area is 182 Å². The molecule has 0 spiro atoms. The third kappa shape index (κ3) is 3.98. The van der Waals surface area contributed by atoms with Crippen molar-refractivity contribution in [1.82, 2.24) is 9.38 Å². The van der Waals surface area contributed by atoms with Crippen molar-refractivity contribution in [2.45, 2.75) is 6.42 Å². The third-order valence-corrected chi connectivity index (χ3v) is 5.94. The first kappa shape index (κ1) is 19.2. The van der Waals surface area contributed by atoms with Gasteiger partial charge in [0, 0.05) is 34.1 Å². The lowest BCUT2D eigenvalue weighted by molar-refractivity contribution is -0.115. The molecule has 0 radical (unpaired) electrons. The molecule has 0 aliphatic heterocycles. The highest BCUT2D eigenvalue weighted by Crippen LogP contribution is 2.28. The monoisotopic (exact) mass is 427 g/mol. The van der Waals surface area contributed by atoms with Crippen molar-refractivity contribution in [3.05, 3.63) is 102 Å². The van der Waals surface area contributed by atoms with Gasteiger partial charge in [-0.05, 0) is 35.9 Å². The normalized spacial score (nSPS) is 11.0. The number of amides is 1. The number of carbonyl (C=O) groups excluding carboxylic acids is 1. The zero-order chi connectivity index (χ0) is 21.2. The lowest BCUT2D eigenvalue weighted by atomic mass is 10.0. The van der Waals surface area contributed by atoms with Crippen LogP contribution in [0.5, 0.6) is 0 Å². The summed E-state index contributed by atoms with van der Waals surface area (Å²) in [7, 11) is 0. The molecule has 0 saturated heterocycles. The van der Waals surface area contributed by atoms with Gasteiger partial charge in [-0.3, -0.25) is 9.20 Å². The Hall–Kier alpha value is -3.77. The van der Waals surface area contributed by atoms with E-state index in [1.54, 1.807) is 12.1 Å². The molecule has 0 saturated carbocycles. The van der Waals surface area contributed by atoms with Gasteiger partial charge in [0.1, 0.15) is 5.82 Å². The Bertz CT molecular complexity index is 1360. The number of anilines is 1. The molecule has 31 heavy (non-hydrogen) atoms. The highest BCUT2D eigenvalue weighted by atomic mass is 32.1. The number of aromatic nitrogens is 2. The predicted molar refractivity (Wildman–Crippen MR) is 123 cm³/mol. The molecule has 5 aromatic rings. The highest BCUT2D eigenvalue weighted by Gasteiger charge is 2.14. The van der Waals surface area contributed by atoms with Crippen LogP contribution in [0.25, 0.3) is 27.3 Å². The minimum atomic E-state index is -0.280. The van der Waals surface area contributed by atoms with Crippen LogP contribution < -0.4 is 5.32 Å². The SMILES string of the molecule is O=C(Cc1csc2nc(-c3ccc(F)cc3)cn12)Nc1ccccc1-c1ccccc1. The van der Waals surface area contributed by atoms with E-state index >= 15 is 0 Å². The van der Waals surface area contributed by atoms with Gasteiger partial charge in [-0.2, -0.15) is 0 Å². The molecule has 0 fully saturated rings. The molecule has 0 aliphatic carbocycles. The van der Waals surface area contributed by atoms with Gasteiger partial charge in [-0.1, -0.05) is 48.5 Å². The van der Waals surface area contributed by atoms with Gasteiger partial charge in [-0.25, -0.2) is 9.37 Å². The zero-order valence-electron chi connectivity index (χ0n) is 16.5. The molecule has 4 nitrogen and oxygen atoms in total. The van der Waals surface area contributed by atoms with E-state index in [9.17, 15) is 9.18 Å². The van der Waals surface area contributed by atoms with Gasteiger partial charge >= 0.3 is 0 Å². The molecule has 2 aromatic heterocycles. The molecule has 1 N–H and O–H groups in total. The maximum Gasteiger partial charge on any atom is 0.230 e. The predicted octanol–water partition coefficient (Wildman–Crippen LogP) is 6.05. The molecule has 6 heteroatoms. The Morgan fingerprint density at radius 2 is 1.68 bits per heavy atom. The van der Waals surface area contributed by atoms with Gasteiger partial charge in [0.15, 0.2) is 4.96 Å². The van der Waals surface area contributed by atoms with Crippen LogP contribution in [-0.4, -0.2) is 15.3 Å². The average Bonchev–Trinajstić information content (AvgIpc) is 3.37. The number of carbonyl (C=O) groups is 1. The quantitative estimate of drug-likeness (QED) is 0.371. The van der Waals surface area contributed by atoms with Gasteiger partial charge < -0.3 is 5.32 Å². The number of nitrogens with zero attached hydrogens (tertiary/aromatic N) is 2. The van der Waals surface area contributed by atoms with Crippen LogP contribution in [0.3, 0.4) is 0 Å². The Morgan fingerprint density at radius 1 is 0.935 bits per heavy atom. The Balaban J connectivity index is 1.37. The van der Waals surface area contributed by atoms with Crippen molar-refractivity contribution in [1.29, 1.82) is 0 Å². The van der Waals surface area contributed by atoms with E-state index < -0.39 is 0 Å². The molecule has 3 aromatic carbocycles. The molecule has 0 aliphatic rings. The minimum absolute atomic E-state index is 0.0971.